The van der Waals surface area contributed by atoms with E-state index in [1.807, 2.05) is 0 Å². The van der Waals surface area contributed by atoms with Gasteiger partial charge in [-0.15, -0.1) is 11.6 Å². The van der Waals surface area contributed by atoms with Crippen molar-refractivity contribution in [1.82, 2.24) is 0 Å². The van der Waals surface area contributed by atoms with Crippen LogP contribution in [-0.2, 0) is 9.53 Å². The van der Waals surface area contributed by atoms with Crippen molar-refractivity contribution in [3.8, 4) is 0 Å². The van der Waals surface area contributed by atoms with Crippen LogP contribution in [-0.4, -0.2) is 18.5 Å². The molecule has 0 N–H and O–H groups in total. The van der Waals surface area contributed by atoms with E-state index in [9.17, 15) is 4.79 Å². The third-order valence-corrected chi connectivity index (χ3v) is 1.75. The van der Waals surface area contributed by atoms with Gasteiger partial charge in [0.1, 0.15) is 0 Å². The largest absolute Gasteiger partial charge is 0.462 e. The second-order valence-corrected chi connectivity index (χ2v) is 2.85. The number of hydrogen-bond acceptors (Lipinski definition) is 2. The standard InChI is InChI=1S/C9H15ClO2/c1-3-4-5-6-12-9(11)8(2)7-10/h2-7H2,1H3. The van der Waals surface area contributed by atoms with Gasteiger partial charge in [-0.3, -0.25) is 0 Å². The Morgan fingerprint density at radius 3 is 2.67 bits per heavy atom. The van der Waals surface area contributed by atoms with E-state index in [2.05, 4.69) is 13.5 Å². The average molecular weight is 191 g/mol. The number of alkyl halides is 1. The first-order valence-electron chi connectivity index (χ1n) is 4.13. The van der Waals surface area contributed by atoms with Crippen molar-refractivity contribution < 1.29 is 9.53 Å². The van der Waals surface area contributed by atoms with E-state index in [0.717, 1.165) is 19.3 Å². The van der Waals surface area contributed by atoms with Gasteiger partial charge < -0.3 is 4.74 Å². The van der Waals surface area contributed by atoms with Crippen LogP contribution in [0.1, 0.15) is 26.2 Å². The summed E-state index contributed by atoms with van der Waals surface area (Å²) in [4.78, 5) is 10.9. The normalized spacial score (nSPS) is 9.50. The Morgan fingerprint density at radius 2 is 2.17 bits per heavy atom. The summed E-state index contributed by atoms with van der Waals surface area (Å²) in [5, 5.41) is 0. The molecule has 0 unspecified atom stereocenters. The molecule has 2 nitrogen and oxygen atoms in total. The predicted octanol–water partition coefficient (Wildman–Crippen LogP) is 2.51. The second-order valence-electron chi connectivity index (χ2n) is 2.58. The van der Waals surface area contributed by atoms with Crippen LogP contribution in [0.4, 0.5) is 0 Å². The highest BCUT2D eigenvalue weighted by Crippen LogP contribution is 2.00. The van der Waals surface area contributed by atoms with E-state index in [0.29, 0.717) is 12.2 Å². The molecule has 3 heteroatoms. The number of hydrogen-bond donors (Lipinski definition) is 0. The van der Waals surface area contributed by atoms with Crippen molar-refractivity contribution >= 4 is 17.6 Å². The average Bonchev–Trinajstić information content (AvgIpc) is 2.10. The molecule has 0 saturated heterocycles. The molecular weight excluding hydrogens is 176 g/mol. The Morgan fingerprint density at radius 1 is 1.50 bits per heavy atom. The molecule has 0 aromatic heterocycles. The molecule has 70 valence electrons. The van der Waals surface area contributed by atoms with E-state index >= 15 is 0 Å². The van der Waals surface area contributed by atoms with E-state index in [-0.39, 0.29) is 11.8 Å². The highest BCUT2D eigenvalue weighted by molar-refractivity contribution is 6.22. The number of esters is 1. The number of halogens is 1. The van der Waals surface area contributed by atoms with E-state index in [1.165, 1.54) is 0 Å². The molecule has 0 amide bonds. The van der Waals surface area contributed by atoms with Crippen LogP contribution >= 0.6 is 11.6 Å². The molecule has 12 heavy (non-hydrogen) atoms. The lowest BCUT2D eigenvalue weighted by atomic mass is 10.3. The smallest absolute Gasteiger partial charge is 0.334 e. The zero-order chi connectivity index (χ0) is 9.40. The monoisotopic (exact) mass is 190 g/mol. The molecule has 0 radical (unpaired) electrons. The maximum Gasteiger partial charge on any atom is 0.334 e. The molecular formula is C9H15ClO2. The maximum absolute atomic E-state index is 10.9. The zero-order valence-electron chi connectivity index (χ0n) is 7.44. The second kappa shape index (κ2) is 7.17. The van der Waals surface area contributed by atoms with Gasteiger partial charge in [-0.25, -0.2) is 4.79 Å². The van der Waals surface area contributed by atoms with Crippen molar-refractivity contribution in [2.24, 2.45) is 0 Å². The van der Waals surface area contributed by atoms with Gasteiger partial charge in [0.25, 0.3) is 0 Å². The molecule has 0 spiro atoms. The highest BCUT2D eigenvalue weighted by Gasteiger charge is 2.05. The van der Waals surface area contributed by atoms with Gasteiger partial charge >= 0.3 is 5.97 Å². The first kappa shape index (κ1) is 11.5. The summed E-state index contributed by atoms with van der Waals surface area (Å²) in [5.41, 5.74) is 0.327. The fourth-order valence-corrected chi connectivity index (χ4v) is 0.783. The number of unbranched alkanes of at least 4 members (excludes halogenated alkanes) is 2. The van der Waals surface area contributed by atoms with Crippen LogP contribution in [0.2, 0.25) is 0 Å². The van der Waals surface area contributed by atoms with Crippen molar-refractivity contribution in [3.63, 3.8) is 0 Å². The number of rotatable bonds is 6. The third-order valence-electron chi connectivity index (χ3n) is 1.43. The first-order valence-corrected chi connectivity index (χ1v) is 4.66. The fourth-order valence-electron chi connectivity index (χ4n) is 0.674. The highest BCUT2D eigenvalue weighted by atomic mass is 35.5. The summed E-state index contributed by atoms with van der Waals surface area (Å²) >= 11 is 5.39. The van der Waals surface area contributed by atoms with Crippen molar-refractivity contribution in [2.45, 2.75) is 26.2 Å². The topological polar surface area (TPSA) is 26.3 Å². The summed E-state index contributed by atoms with van der Waals surface area (Å²) in [6, 6.07) is 0. The minimum absolute atomic E-state index is 0.145. The molecule has 0 aliphatic carbocycles. The molecule has 0 fully saturated rings. The fraction of sp³-hybridized carbons (Fsp3) is 0.667. The van der Waals surface area contributed by atoms with Crippen LogP contribution in [0.25, 0.3) is 0 Å². The van der Waals surface area contributed by atoms with Crippen LogP contribution in [0.15, 0.2) is 12.2 Å². The molecule has 0 saturated carbocycles. The van der Waals surface area contributed by atoms with Gasteiger partial charge in [-0.1, -0.05) is 26.3 Å². The van der Waals surface area contributed by atoms with E-state index < -0.39 is 0 Å². The summed E-state index contributed by atoms with van der Waals surface area (Å²) < 4.78 is 4.87. The molecule has 0 heterocycles. The van der Waals surface area contributed by atoms with E-state index in [4.69, 9.17) is 16.3 Å². The van der Waals surface area contributed by atoms with E-state index in [1.54, 1.807) is 0 Å². The van der Waals surface area contributed by atoms with Gasteiger partial charge in [-0.2, -0.15) is 0 Å². The Balaban J connectivity index is 3.38. The quantitative estimate of drug-likeness (QED) is 0.279. The molecule has 0 aromatic rings. The third kappa shape index (κ3) is 5.19. The summed E-state index contributed by atoms with van der Waals surface area (Å²) in [6.45, 7) is 6.04. The number of ether oxygens (including phenoxy) is 1. The molecule has 0 aliphatic rings. The Kier molecular flexibility index (Phi) is 6.87. The van der Waals surface area contributed by atoms with Crippen LogP contribution in [0.3, 0.4) is 0 Å². The Hall–Kier alpha value is -0.500. The SMILES string of the molecule is C=C(CCl)C(=O)OCCCCC. The van der Waals surface area contributed by atoms with Crippen molar-refractivity contribution in [1.29, 1.82) is 0 Å². The van der Waals surface area contributed by atoms with Gasteiger partial charge in [0, 0.05) is 5.57 Å². The maximum atomic E-state index is 10.9. The van der Waals surface area contributed by atoms with Crippen LogP contribution in [0.5, 0.6) is 0 Å². The summed E-state index contributed by atoms with van der Waals surface area (Å²) in [6.07, 6.45) is 3.12. The molecule has 0 bridgehead atoms. The molecule has 0 atom stereocenters. The zero-order valence-corrected chi connectivity index (χ0v) is 8.19. The Bertz CT molecular complexity index is 155. The number of carbonyl (C=O) groups excluding carboxylic acids is 1. The number of carbonyl (C=O) groups is 1. The first-order chi connectivity index (χ1) is 5.72. The van der Waals surface area contributed by atoms with Crippen LogP contribution < -0.4 is 0 Å². The van der Waals surface area contributed by atoms with Gasteiger partial charge in [-0.05, 0) is 6.42 Å². The predicted molar refractivity (Wildman–Crippen MR) is 50.3 cm³/mol. The lowest BCUT2D eigenvalue weighted by Gasteiger charge is -2.03. The van der Waals surface area contributed by atoms with Gasteiger partial charge in [0.05, 0.1) is 12.5 Å². The Labute approximate surface area is 78.5 Å². The van der Waals surface area contributed by atoms with Crippen molar-refractivity contribution in [3.05, 3.63) is 12.2 Å². The van der Waals surface area contributed by atoms with Gasteiger partial charge in [0.2, 0.25) is 0 Å². The lowest BCUT2D eigenvalue weighted by molar-refractivity contribution is -0.139. The van der Waals surface area contributed by atoms with Crippen molar-refractivity contribution in [2.75, 3.05) is 12.5 Å². The summed E-state index contributed by atoms with van der Waals surface area (Å²) in [5.74, 6) is -0.229. The molecule has 0 rings (SSSR count). The minimum Gasteiger partial charge on any atom is -0.462 e. The lowest BCUT2D eigenvalue weighted by Crippen LogP contribution is -2.08. The minimum atomic E-state index is -0.374. The molecule has 0 aliphatic heterocycles. The molecule has 0 aromatic carbocycles. The summed E-state index contributed by atoms with van der Waals surface area (Å²) in [7, 11) is 0. The van der Waals surface area contributed by atoms with Crippen LogP contribution in [0, 0.1) is 0 Å². The van der Waals surface area contributed by atoms with Gasteiger partial charge in [0.15, 0.2) is 0 Å².